The summed E-state index contributed by atoms with van der Waals surface area (Å²) in [6.07, 6.45) is 1.13. The molecule has 0 spiro atoms. The zero-order chi connectivity index (χ0) is 14.1. The van der Waals surface area contributed by atoms with Crippen molar-refractivity contribution in [1.29, 1.82) is 0 Å². The van der Waals surface area contributed by atoms with Crippen LogP contribution in [0.2, 0.25) is 0 Å². The summed E-state index contributed by atoms with van der Waals surface area (Å²) in [5, 5.41) is 2.95. The van der Waals surface area contributed by atoms with Gasteiger partial charge in [-0.15, -0.1) is 0 Å². The number of fused-ring (bicyclic) bond motifs is 1. The number of urea groups is 1. The minimum atomic E-state index is 0.0775. The highest BCUT2D eigenvalue weighted by atomic mass is 16.2. The van der Waals surface area contributed by atoms with Crippen LogP contribution in [-0.2, 0) is 13.0 Å². The summed E-state index contributed by atoms with van der Waals surface area (Å²) in [5.74, 6) is 0. The molecule has 1 aromatic carbocycles. The van der Waals surface area contributed by atoms with Crippen molar-refractivity contribution >= 4 is 6.03 Å². The molecular weight excluding hydrogens is 250 g/mol. The number of benzene rings is 1. The first-order valence-electron chi connectivity index (χ1n) is 7.50. The van der Waals surface area contributed by atoms with Crippen LogP contribution >= 0.6 is 0 Å². The lowest BCUT2D eigenvalue weighted by atomic mass is 9.97. The molecule has 0 bridgehead atoms. The lowest BCUT2D eigenvalue weighted by Crippen LogP contribution is -2.63. The first-order valence-corrected chi connectivity index (χ1v) is 7.50. The maximum atomic E-state index is 11.9. The zero-order valence-corrected chi connectivity index (χ0v) is 12.3. The van der Waals surface area contributed by atoms with Gasteiger partial charge >= 0.3 is 6.03 Å². The minimum Gasteiger partial charge on any atom is -0.336 e. The van der Waals surface area contributed by atoms with E-state index in [0.717, 1.165) is 32.6 Å². The van der Waals surface area contributed by atoms with Gasteiger partial charge in [0.15, 0.2) is 0 Å². The van der Waals surface area contributed by atoms with Crippen LogP contribution in [0.1, 0.15) is 25.0 Å². The Hall–Kier alpha value is -1.55. The topological polar surface area (TPSA) is 35.6 Å². The van der Waals surface area contributed by atoms with Crippen LogP contribution in [0.15, 0.2) is 24.3 Å². The molecule has 108 valence electrons. The molecule has 2 aliphatic rings. The number of amides is 2. The number of carbonyl (C=O) groups is 1. The average Bonchev–Trinajstić information content (AvgIpc) is 2.36. The molecule has 0 radical (unpaired) electrons. The van der Waals surface area contributed by atoms with Gasteiger partial charge in [0.05, 0.1) is 0 Å². The maximum Gasteiger partial charge on any atom is 0.317 e. The highest BCUT2D eigenvalue weighted by Gasteiger charge is 2.35. The van der Waals surface area contributed by atoms with Gasteiger partial charge in [-0.3, -0.25) is 4.90 Å². The van der Waals surface area contributed by atoms with E-state index in [1.54, 1.807) is 0 Å². The normalized spacial score (nSPS) is 19.6. The van der Waals surface area contributed by atoms with Gasteiger partial charge in [0.2, 0.25) is 0 Å². The summed E-state index contributed by atoms with van der Waals surface area (Å²) in [7, 11) is 0. The van der Waals surface area contributed by atoms with Crippen molar-refractivity contribution in [2.45, 2.75) is 38.9 Å². The Labute approximate surface area is 120 Å². The predicted octanol–water partition coefficient (Wildman–Crippen LogP) is 1.85. The van der Waals surface area contributed by atoms with Gasteiger partial charge in [0.25, 0.3) is 0 Å². The molecule has 2 amide bonds. The van der Waals surface area contributed by atoms with Gasteiger partial charge < -0.3 is 10.2 Å². The Morgan fingerprint density at radius 1 is 1.25 bits per heavy atom. The van der Waals surface area contributed by atoms with E-state index in [2.05, 4.69) is 34.5 Å². The Morgan fingerprint density at radius 3 is 2.65 bits per heavy atom. The summed E-state index contributed by atoms with van der Waals surface area (Å²) >= 11 is 0. The molecule has 4 nitrogen and oxygen atoms in total. The second-order valence-electron chi connectivity index (χ2n) is 6.15. The van der Waals surface area contributed by atoms with Crippen LogP contribution < -0.4 is 5.32 Å². The standard InChI is InChI=1S/C16H23N3O/c1-12(2)17-16(20)19-10-15(11-19)18-8-7-13-5-3-4-6-14(13)9-18/h3-6,12,15H,7-11H2,1-2H3,(H,17,20). The van der Waals surface area contributed by atoms with E-state index >= 15 is 0 Å². The fourth-order valence-corrected chi connectivity index (χ4v) is 3.02. The minimum absolute atomic E-state index is 0.0775. The molecule has 20 heavy (non-hydrogen) atoms. The van der Waals surface area contributed by atoms with E-state index in [-0.39, 0.29) is 12.1 Å². The van der Waals surface area contributed by atoms with Crippen molar-refractivity contribution in [3.63, 3.8) is 0 Å². The Balaban J connectivity index is 1.53. The Morgan fingerprint density at radius 2 is 1.95 bits per heavy atom. The van der Waals surface area contributed by atoms with Crippen LogP contribution in [-0.4, -0.2) is 47.5 Å². The van der Waals surface area contributed by atoms with E-state index in [9.17, 15) is 4.79 Å². The van der Waals surface area contributed by atoms with Crippen LogP contribution in [0.5, 0.6) is 0 Å². The number of nitrogens with zero attached hydrogens (tertiary/aromatic N) is 2. The summed E-state index contributed by atoms with van der Waals surface area (Å²) in [6, 6.07) is 9.51. The first-order chi connectivity index (χ1) is 9.63. The monoisotopic (exact) mass is 273 g/mol. The van der Waals surface area contributed by atoms with Crippen molar-refractivity contribution < 1.29 is 4.79 Å². The predicted molar refractivity (Wildman–Crippen MR) is 79.6 cm³/mol. The summed E-state index contributed by atoms with van der Waals surface area (Å²) in [6.45, 7) is 7.86. The molecule has 3 rings (SSSR count). The van der Waals surface area contributed by atoms with Gasteiger partial charge in [-0.2, -0.15) is 0 Å². The SMILES string of the molecule is CC(C)NC(=O)N1CC(N2CCc3ccccc3C2)C1. The molecule has 0 unspecified atom stereocenters. The van der Waals surface area contributed by atoms with Gasteiger partial charge in [-0.1, -0.05) is 24.3 Å². The molecule has 4 heteroatoms. The molecule has 0 atom stereocenters. The van der Waals surface area contributed by atoms with E-state index in [1.165, 1.54) is 11.1 Å². The van der Waals surface area contributed by atoms with Gasteiger partial charge in [-0.05, 0) is 31.4 Å². The van der Waals surface area contributed by atoms with Gasteiger partial charge in [-0.25, -0.2) is 4.79 Å². The second kappa shape index (κ2) is 5.44. The molecule has 1 saturated heterocycles. The number of carbonyl (C=O) groups excluding carboxylic acids is 1. The quantitative estimate of drug-likeness (QED) is 0.892. The van der Waals surface area contributed by atoms with Crippen molar-refractivity contribution in [2.75, 3.05) is 19.6 Å². The molecule has 1 fully saturated rings. The van der Waals surface area contributed by atoms with Crippen molar-refractivity contribution in [3.8, 4) is 0 Å². The fourth-order valence-electron chi connectivity index (χ4n) is 3.02. The average molecular weight is 273 g/mol. The maximum absolute atomic E-state index is 11.9. The van der Waals surface area contributed by atoms with Crippen molar-refractivity contribution in [2.24, 2.45) is 0 Å². The largest absolute Gasteiger partial charge is 0.336 e. The highest BCUT2D eigenvalue weighted by molar-refractivity contribution is 5.75. The third-order valence-corrected chi connectivity index (χ3v) is 4.24. The van der Waals surface area contributed by atoms with Gasteiger partial charge in [0, 0.05) is 38.3 Å². The van der Waals surface area contributed by atoms with Crippen LogP contribution in [0.3, 0.4) is 0 Å². The zero-order valence-electron chi connectivity index (χ0n) is 12.3. The van der Waals surface area contributed by atoms with Crippen LogP contribution in [0, 0.1) is 0 Å². The molecule has 2 aliphatic heterocycles. The van der Waals surface area contributed by atoms with Crippen molar-refractivity contribution in [1.82, 2.24) is 15.1 Å². The number of hydrogen-bond donors (Lipinski definition) is 1. The van der Waals surface area contributed by atoms with Crippen LogP contribution in [0.4, 0.5) is 4.79 Å². The van der Waals surface area contributed by atoms with Gasteiger partial charge in [0.1, 0.15) is 0 Å². The third kappa shape index (κ3) is 2.66. The number of likely N-dealkylation sites (tertiary alicyclic amines) is 1. The first kappa shape index (κ1) is 13.4. The Bertz CT molecular complexity index is 494. The van der Waals surface area contributed by atoms with Crippen LogP contribution in [0.25, 0.3) is 0 Å². The summed E-state index contributed by atoms with van der Waals surface area (Å²) in [4.78, 5) is 16.3. The number of nitrogens with one attached hydrogen (secondary N) is 1. The molecule has 0 aliphatic carbocycles. The highest BCUT2D eigenvalue weighted by Crippen LogP contribution is 2.24. The van der Waals surface area contributed by atoms with E-state index in [4.69, 9.17) is 0 Å². The lowest BCUT2D eigenvalue weighted by molar-refractivity contribution is 0.0477. The number of rotatable bonds is 2. The molecule has 0 aromatic heterocycles. The summed E-state index contributed by atoms with van der Waals surface area (Å²) in [5.41, 5.74) is 2.93. The van der Waals surface area contributed by atoms with Crippen molar-refractivity contribution in [3.05, 3.63) is 35.4 Å². The molecular formula is C16H23N3O. The fraction of sp³-hybridized carbons (Fsp3) is 0.562. The summed E-state index contributed by atoms with van der Waals surface area (Å²) < 4.78 is 0. The molecule has 1 N–H and O–H groups in total. The smallest absolute Gasteiger partial charge is 0.317 e. The number of hydrogen-bond acceptors (Lipinski definition) is 2. The Kier molecular flexibility index (Phi) is 3.66. The lowest BCUT2D eigenvalue weighted by Gasteiger charge is -2.46. The third-order valence-electron chi connectivity index (χ3n) is 4.24. The molecule has 2 heterocycles. The molecule has 1 aromatic rings. The van der Waals surface area contributed by atoms with E-state index in [0.29, 0.717) is 6.04 Å². The van der Waals surface area contributed by atoms with E-state index < -0.39 is 0 Å². The second-order valence-corrected chi connectivity index (χ2v) is 6.15. The van der Waals surface area contributed by atoms with E-state index in [1.807, 2.05) is 18.7 Å². The molecule has 0 saturated carbocycles.